The summed E-state index contributed by atoms with van der Waals surface area (Å²) in [5, 5.41) is 2.29. The first-order valence-electron chi connectivity index (χ1n) is 8.93. The first-order chi connectivity index (χ1) is 14.5. The zero-order chi connectivity index (χ0) is 22.8. The van der Waals surface area contributed by atoms with Gasteiger partial charge in [-0.1, -0.05) is 18.5 Å². The van der Waals surface area contributed by atoms with Gasteiger partial charge < -0.3 is 11.1 Å². The summed E-state index contributed by atoms with van der Waals surface area (Å²) in [5.41, 5.74) is 5.59. The van der Waals surface area contributed by atoms with Crippen LogP contribution < -0.4 is 11.1 Å². The lowest BCUT2D eigenvalue weighted by Crippen LogP contribution is -2.13. The zero-order valence-electron chi connectivity index (χ0n) is 16.0. The number of hydrogen-bond donors (Lipinski definition) is 2. The lowest BCUT2D eigenvalue weighted by atomic mass is 10.00. The number of aromatic nitrogens is 2. The van der Waals surface area contributed by atoms with Gasteiger partial charge in [0.15, 0.2) is 5.78 Å². The van der Waals surface area contributed by atoms with Crippen LogP contribution in [0.5, 0.6) is 0 Å². The van der Waals surface area contributed by atoms with E-state index in [1.165, 1.54) is 6.20 Å². The van der Waals surface area contributed by atoms with E-state index in [2.05, 4.69) is 15.3 Å². The van der Waals surface area contributed by atoms with Gasteiger partial charge in [-0.05, 0) is 30.3 Å². The number of carbonyl (C=O) groups excluding carboxylic acids is 2. The molecule has 0 aliphatic heterocycles. The standard InChI is InChI=1S/C20H16ClF3N4O2S/c1-10(6-15(29)11-2-4-12(25)5-3-11)19-27-9-16(31-19)18(30)28-17-7-13(20(22,23)24)14(21)8-26-17/h2-5,7-10H,6,25H2,1H3,(H,26,28,30)/t10-/m0/s1. The molecule has 0 spiro atoms. The highest BCUT2D eigenvalue weighted by molar-refractivity contribution is 7.13. The van der Waals surface area contributed by atoms with E-state index in [-0.39, 0.29) is 28.8 Å². The molecule has 2 aromatic heterocycles. The summed E-state index contributed by atoms with van der Waals surface area (Å²) in [7, 11) is 0. The van der Waals surface area contributed by atoms with Crippen LogP contribution in [-0.4, -0.2) is 21.7 Å². The van der Waals surface area contributed by atoms with Crippen molar-refractivity contribution in [3.63, 3.8) is 0 Å². The van der Waals surface area contributed by atoms with E-state index in [0.717, 1.165) is 17.5 Å². The van der Waals surface area contributed by atoms with Crippen LogP contribution in [0.3, 0.4) is 0 Å². The van der Waals surface area contributed by atoms with Crippen LogP contribution in [0, 0.1) is 0 Å². The maximum atomic E-state index is 13.0. The molecule has 0 aliphatic carbocycles. The molecule has 0 aliphatic rings. The van der Waals surface area contributed by atoms with Crippen molar-refractivity contribution >= 4 is 46.1 Å². The molecule has 2 heterocycles. The number of benzene rings is 1. The largest absolute Gasteiger partial charge is 0.418 e. The zero-order valence-corrected chi connectivity index (χ0v) is 17.6. The minimum atomic E-state index is -4.68. The van der Waals surface area contributed by atoms with Crippen LogP contribution in [-0.2, 0) is 6.18 Å². The first kappa shape index (κ1) is 22.7. The maximum Gasteiger partial charge on any atom is 0.418 e. The number of alkyl halides is 3. The van der Waals surface area contributed by atoms with Gasteiger partial charge in [0.1, 0.15) is 10.7 Å². The molecular weight excluding hydrogens is 453 g/mol. The second-order valence-corrected chi connectivity index (χ2v) is 8.18. The highest BCUT2D eigenvalue weighted by Crippen LogP contribution is 2.35. The molecule has 0 unspecified atom stereocenters. The van der Waals surface area contributed by atoms with E-state index in [1.54, 1.807) is 31.2 Å². The van der Waals surface area contributed by atoms with Crippen molar-refractivity contribution in [2.75, 3.05) is 11.1 Å². The number of amides is 1. The van der Waals surface area contributed by atoms with Gasteiger partial charge in [-0.3, -0.25) is 9.59 Å². The number of nitrogens with two attached hydrogens (primary N) is 1. The van der Waals surface area contributed by atoms with Crippen LogP contribution in [0.15, 0.2) is 42.7 Å². The normalized spacial score (nSPS) is 12.4. The topological polar surface area (TPSA) is 98.0 Å². The van der Waals surface area contributed by atoms with E-state index in [9.17, 15) is 22.8 Å². The number of nitrogens with zero attached hydrogens (tertiary/aromatic N) is 2. The van der Waals surface area contributed by atoms with E-state index < -0.39 is 22.7 Å². The van der Waals surface area contributed by atoms with Crippen LogP contribution in [0.2, 0.25) is 5.02 Å². The lowest BCUT2D eigenvalue weighted by Gasteiger charge is -2.10. The average molecular weight is 469 g/mol. The summed E-state index contributed by atoms with van der Waals surface area (Å²) in [5.74, 6) is -1.31. The quantitative estimate of drug-likeness (QED) is 0.371. The van der Waals surface area contributed by atoms with Gasteiger partial charge in [0.2, 0.25) is 0 Å². The number of hydrogen-bond acceptors (Lipinski definition) is 6. The summed E-state index contributed by atoms with van der Waals surface area (Å²) >= 11 is 6.58. The Labute approximate surface area is 184 Å². The van der Waals surface area contributed by atoms with Crippen molar-refractivity contribution in [1.29, 1.82) is 0 Å². The molecule has 3 N–H and O–H groups in total. The Kier molecular flexibility index (Phi) is 6.61. The second-order valence-electron chi connectivity index (χ2n) is 6.71. The summed E-state index contributed by atoms with van der Waals surface area (Å²) in [4.78, 5) is 32.9. The number of rotatable bonds is 6. The van der Waals surface area contributed by atoms with E-state index in [0.29, 0.717) is 22.3 Å². The Morgan fingerprint density at radius 3 is 2.52 bits per heavy atom. The predicted octanol–water partition coefficient (Wildman–Crippen LogP) is 5.42. The Morgan fingerprint density at radius 2 is 1.87 bits per heavy atom. The Morgan fingerprint density at radius 1 is 1.19 bits per heavy atom. The number of pyridine rings is 1. The van der Waals surface area contributed by atoms with E-state index >= 15 is 0 Å². The molecule has 1 aromatic carbocycles. The number of nitrogens with one attached hydrogen (secondary N) is 1. The van der Waals surface area contributed by atoms with Gasteiger partial charge in [-0.2, -0.15) is 13.2 Å². The SMILES string of the molecule is C[C@@H](CC(=O)c1ccc(N)cc1)c1ncc(C(=O)Nc2cc(C(F)(F)F)c(Cl)cn2)s1. The van der Waals surface area contributed by atoms with Gasteiger partial charge in [-0.15, -0.1) is 11.3 Å². The molecule has 0 fully saturated rings. The van der Waals surface area contributed by atoms with Crippen LogP contribution in [0.4, 0.5) is 24.7 Å². The van der Waals surface area contributed by atoms with Crippen LogP contribution in [0.25, 0.3) is 0 Å². The molecule has 3 aromatic rings. The smallest absolute Gasteiger partial charge is 0.399 e. The Hall–Kier alpha value is -2.98. The van der Waals surface area contributed by atoms with Crippen molar-refractivity contribution < 1.29 is 22.8 Å². The van der Waals surface area contributed by atoms with Crippen molar-refractivity contribution in [1.82, 2.24) is 9.97 Å². The number of carbonyl (C=O) groups is 2. The first-order valence-corrected chi connectivity index (χ1v) is 10.1. The summed E-state index contributed by atoms with van der Waals surface area (Å²) in [6.45, 7) is 1.80. The molecule has 162 valence electrons. The monoisotopic (exact) mass is 468 g/mol. The summed E-state index contributed by atoms with van der Waals surface area (Å²) < 4.78 is 38.9. The predicted molar refractivity (Wildman–Crippen MR) is 113 cm³/mol. The summed E-state index contributed by atoms with van der Waals surface area (Å²) in [6, 6.07) is 7.21. The second kappa shape index (κ2) is 9.03. The molecule has 31 heavy (non-hydrogen) atoms. The summed E-state index contributed by atoms with van der Waals surface area (Å²) in [6.07, 6.45) is -2.38. The van der Waals surface area contributed by atoms with Crippen molar-refractivity contribution in [2.45, 2.75) is 25.4 Å². The van der Waals surface area contributed by atoms with Crippen molar-refractivity contribution in [3.05, 3.63) is 68.8 Å². The van der Waals surface area contributed by atoms with Crippen molar-refractivity contribution in [3.8, 4) is 0 Å². The molecule has 0 saturated carbocycles. The average Bonchev–Trinajstić information content (AvgIpc) is 3.19. The van der Waals surface area contributed by atoms with Gasteiger partial charge in [-0.25, -0.2) is 9.97 Å². The molecular formula is C20H16ClF3N4O2S. The third-order valence-electron chi connectivity index (χ3n) is 4.30. The molecule has 11 heteroatoms. The van der Waals surface area contributed by atoms with Gasteiger partial charge in [0, 0.05) is 29.8 Å². The van der Waals surface area contributed by atoms with Crippen molar-refractivity contribution in [2.24, 2.45) is 0 Å². The molecule has 1 atom stereocenters. The van der Waals surface area contributed by atoms with E-state index in [4.69, 9.17) is 17.3 Å². The number of halogens is 4. The molecule has 6 nitrogen and oxygen atoms in total. The Balaban J connectivity index is 1.68. The number of Topliss-reactive ketones (excluding diaryl/α,β-unsaturated/α-hetero) is 1. The minimum Gasteiger partial charge on any atom is -0.399 e. The van der Waals surface area contributed by atoms with Gasteiger partial charge >= 0.3 is 6.18 Å². The Bertz CT molecular complexity index is 1120. The molecule has 0 saturated heterocycles. The molecule has 3 rings (SSSR count). The highest BCUT2D eigenvalue weighted by Gasteiger charge is 2.34. The number of anilines is 2. The minimum absolute atomic E-state index is 0.0984. The molecule has 0 bridgehead atoms. The number of thiazole rings is 1. The fraction of sp³-hybridized carbons (Fsp3) is 0.200. The molecule has 1 amide bonds. The van der Waals surface area contributed by atoms with E-state index in [1.807, 2.05) is 0 Å². The van der Waals surface area contributed by atoms with Crippen LogP contribution in [0.1, 0.15) is 49.9 Å². The number of nitrogen functional groups attached to an aromatic ring is 1. The van der Waals surface area contributed by atoms with Gasteiger partial charge in [0.05, 0.1) is 21.8 Å². The number of ketones is 1. The highest BCUT2D eigenvalue weighted by atomic mass is 35.5. The third kappa shape index (κ3) is 5.59. The fourth-order valence-electron chi connectivity index (χ4n) is 2.67. The third-order valence-corrected chi connectivity index (χ3v) is 5.82. The lowest BCUT2D eigenvalue weighted by molar-refractivity contribution is -0.137. The molecule has 0 radical (unpaired) electrons. The van der Waals surface area contributed by atoms with Gasteiger partial charge in [0.25, 0.3) is 5.91 Å². The fourth-order valence-corrected chi connectivity index (χ4v) is 3.75. The van der Waals surface area contributed by atoms with Crippen LogP contribution >= 0.6 is 22.9 Å². The maximum absolute atomic E-state index is 13.0.